The van der Waals surface area contributed by atoms with Gasteiger partial charge in [0.05, 0.1) is 29.5 Å². The first-order chi connectivity index (χ1) is 17.5. The highest BCUT2D eigenvalue weighted by atomic mass is 79.9. The molecule has 9 nitrogen and oxygen atoms in total. The summed E-state index contributed by atoms with van der Waals surface area (Å²) in [5.41, 5.74) is 1.88. The van der Waals surface area contributed by atoms with Gasteiger partial charge in [0.1, 0.15) is 0 Å². The Morgan fingerprint density at radius 3 is 2.43 bits per heavy atom. The molecule has 13 heteroatoms. The Morgan fingerprint density at radius 1 is 1.03 bits per heavy atom. The van der Waals surface area contributed by atoms with Crippen LogP contribution in [0.5, 0.6) is 11.5 Å². The highest BCUT2D eigenvalue weighted by molar-refractivity contribution is 9.10. The standard InChI is InChI=1S/C24H25BrF3N3O6/c1-3-35-19-11-15(10-18(25)23(19)37-14-22(34)36-4-2)13-29-31-21(33)9-8-20(32)30-17-7-5-6-16(12-17)24(26,27)28/h5-7,10-13H,3-4,8-9,14H2,1-2H3,(H,30,32)(H,31,33). The van der Waals surface area contributed by atoms with Crippen LogP contribution in [0.15, 0.2) is 46.0 Å². The Balaban J connectivity index is 1.91. The van der Waals surface area contributed by atoms with Crippen molar-refractivity contribution in [2.45, 2.75) is 32.9 Å². The van der Waals surface area contributed by atoms with Crippen molar-refractivity contribution in [3.05, 3.63) is 52.0 Å². The number of hydrazone groups is 1. The quantitative estimate of drug-likeness (QED) is 0.212. The number of nitrogens with zero attached hydrogens (tertiary/aromatic N) is 1. The van der Waals surface area contributed by atoms with E-state index in [0.717, 1.165) is 12.1 Å². The van der Waals surface area contributed by atoms with Gasteiger partial charge in [0.25, 0.3) is 0 Å². The fourth-order valence-corrected chi connectivity index (χ4v) is 3.43. The third-order valence-electron chi connectivity index (χ3n) is 4.43. The molecule has 37 heavy (non-hydrogen) atoms. The lowest BCUT2D eigenvalue weighted by molar-refractivity contribution is -0.145. The average molecular weight is 588 g/mol. The minimum absolute atomic E-state index is 0.0244. The predicted octanol–water partition coefficient (Wildman–Crippen LogP) is 4.68. The van der Waals surface area contributed by atoms with E-state index in [1.165, 1.54) is 18.3 Å². The molecule has 0 unspecified atom stereocenters. The largest absolute Gasteiger partial charge is 0.490 e. The number of esters is 1. The zero-order valence-corrected chi connectivity index (χ0v) is 21.6. The first-order valence-electron chi connectivity index (χ1n) is 11.1. The Kier molecular flexibility index (Phi) is 11.4. The molecule has 2 amide bonds. The van der Waals surface area contributed by atoms with Crippen LogP contribution in [-0.4, -0.2) is 43.8 Å². The molecule has 0 bridgehead atoms. The summed E-state index contributed by atoms with van der Waals surface area (Å²) in [7, 11) is 0. The molecular formula is C24H25BrF3N3O6. The van der Waals surface area contributed by atoms with Gasteiger partial charge in [-0.15, -0.1) is 0 Å². The van der Waals surface area contributed by atoms with E-state index < -0.39 is 29.5 Å². The Hall–Kier alpha value is -3.61. The maximum Gasteiger partial charge on any atom is 0.416 e. The topological polar surface area (TPSA) is 115 Å². The Bertz CT molecular complexity index is 1140. The Morgan fingerprint density at radius 2 is 1.76 bits per heavy atom. The number of rotatable bonds is 12. The van der Waals surface area contributed by atoms with Crippen molar-refractivity contribution >= 4 is 45.6 Å². The van der Waals surface area contributed by atoms with Crippen molar-refractivity contribution in [3.8, 4) is 11.5 Å². The van der Waals surface area contributed by atoms with Crippen LogP contribution >= 0.6 is 15.9 Å². The van der Waals surface area contributed by atoms with Gasteiger partial charge in [0, 0.05) is 18.5 Å². The highest BCUT2D eigenvalue weighted by Gasteiger charge is 2.30. The molecule has 0 atom stereocenters. The van der Waals surface area contributed by atoms with Crippen LogP contribution in [-0.2, 0) is 25.3 Å². The number of anilines is 1. The van der Waals surface area contributed by atoms with Gasteiger partial charge in [-0.25, -0.2) is 10.2 Å². The van der Waals surface area contributed by atoms with Gasteiger partial charge < -0.3 is 19.5 Å². The molecular weight excluding hydrogens is 563 g/mol. The summed E-state index contributed by atoms with van der Waals surface area (Å²) in [5, 5.41) is 6.17. The zero-order chi connectivity index (χ0) is 27.4. The molecule has 0 fully saturated rings. The number of halogens is 4. The summed E-state index contributed by atoms with van der Waals surface area (Å²) in [6, 6.07) is 7.41. The van der Waals surface area contributed by atoms with Crippen LogP contribution in [0, 0.1) is 0 Å². The number of nitrogens with one attached hydrogen (secondary N) is 2. The van der Waals surface area contributed by atoms with Crippen LogP contribution in [0.25, 0.3) is 0 Å². The van der Waals surface area contributed by atoms with Crippen LogP contribution in [0.1, 0.15) is 37.8 Å². The van der Waals surface area contributed by atoms with Crippen molar-refractivity contribution in [1.82, 2.24) is 5.43 Å². The number of hydrogen-bond acceptors (Lipinski definition) is 7. The molecule has 2 aromatic carbocycles. The third-order valence-corrected chi connectivity index (χ3v) is 5.02. The van der Waals surface area contributed by atoms with Crippen LogP contribution < -0.4 is 20.2 Å². The van der Waals surface area contributed by atoms with Crippen molar-refractivity contribution in [2.75, 3.05) is 25.1 Å². The number of carbonyl (C=O) groups excluding carboxylic acids is 3. The van der Waals surface area contributed by atoms with Gasteiger partial charge in [-0.05, 0) is 65.7 Å². The average Bonchev–Trinajstić information content (AvgIpc) is 2.82. The summed E-state index contributed by atoms with van der Waals surface area (Å²) >= 11 is 3.35. The molecule has 0 radical (unpaired) electrons. The van der Waals surface area contributed by atoms with Crippen molar-refractivity contribution in [1.29, 1.82) is 0 Å². The molecule has 2 aromatic rings. The van der Waals surface area contributed by atoms with Gasteiger partial charge in [0.2, 0.25) is 11.8 Å². The first-order valence-corrected chi connectivity index (χ1v) is 11.9. The monoisotopic (exact) mass is 587 g/mol. The van der Waals surface area contributed by atoms with Crippen LogP contribution in [0.4, 0.5) is 18.9 Å². The summed E-state index contributed by atoms with van der Waals surface area (Å²) in [6.45, 7) is 3.69. The summed E-state index contributed by atoms with van der Waals surface area (Å²) in [4.78, 5) is 35.6. The molecule has 0 heterocycles. The van der Waals surface area contributed by atoms with Crippen LogP contribution in [0.3, 0.4) is 0 Å². The van der Waals surface area contributed by atoms with E-state index in [2.05, 4.69) is 31.8 Å². The third kappa shape index (κ3) is 10.1. The number of benzene rings is 2. The fourth-order valence-electron chi connectivity index (χ4n) is 2.86. The number of amides is 2. The SMILES string of the molecule is CCOC(=O)COc1c(Br)cc(C=NNC(=O)CCC(=O)Nc2cccc(C(F)(F)F)c2)cc1OCC. The Labute approximate surface area is 219 Å². The molecule has 2 N–H and O–H groups in total. The summed E-state index contributed by atoms with van der Waals surface area (Å²) in [6.07, 6.45) is -3.70. The van der Waals surface area contributed by atoms with E-state index in [4.69, 9.17) is 14.2 Å². The molecule has 0 spiro atoms. The van der Waals surface area contributed by atoms with E-state index in [-0.39, 0.29) is 31.7 Å². The number of carbonyl (C=O) groups is 3. The molecule has 2 rings (SSSR count). The lowest BCUT2D eigenvalue weighted by atomic mass is 10.2. The van der Waals surface area contributed by atoms with Gasteiger partial charge in [-0.1, -0.05) is 6.07 Å². The maximum absolute atomic E-state index is 12.8. The van der Waals surface area contributed by atoms with E-state index in [1.54, 1.807) is 26.0 Å². The maximum atomic E-state index is 12.8. The fraction of sp³-hybridized carbons (Fsp3) is 0.333. The molecule has 0 aliphatic carbocycles. The summed E-state index contributed by atoms with van der Waals surface area (Å²) in [5.74, 6) is -1.10. The van der Waals surface area contributed by atoms with Crippen LogP contribution in [0.2, 0.25) is 0 Å². The second-order valence-corrected chi connectivity index (χ2v) is 8.13. The van der Waals surface area contributed by atoms with E-state index >= 15 is 0 Å². The lowest BCUT2D eigenvalue weighted by Crippen LogP contribution is -2.20. The lowest BCUT2D eigenvalue weighted by Gasteiger charge is -2.14. The smallest absolute Gasteiger partial charge is 0.416 e. The van der Waals surface area contributed by atoms with Crippen molar-refractivity contribution in [2.24, 2.45) is 5.10 Å². The molecule has 0 aliphatic heterocycles. The molecule has 0 aliphatic rings. The van der Waals surface area contributed by atoms with Gasteiger partial charge >= 0.3 is 12.1 Å². The van der Waals surface area contributed by atoms with E-state index in [1.807, 2.05) is 0 Å². The highest BCUT2D eigenvalue weighted by Crippen LogP contribution is 2.36. The molecule has 0 saturated carbocycles. The predicted molar refractivity (Wildman–Crippen MR) is 132 cm³/mol. The normalized spacial score (nSPS) is 11.2. The molecule has 0 saturated heterocycles. The second-order valence-electron chi connectivity index (χ2n) is 7.28. The molecule has 200 valence electrons. The number of alkyl halides is 3. The van der Waals surface area contributed by atoms with Gasteiger partial charge in [-0.3, -0.25) is 9.59 Å². The number of hydrogen-bond donors (Lipinski definition) is 2. The summed E-state index contributed by atoms with van der Waals surface area (Å²) < 4.78 is 54.7. The van der Waals surface area contributed by atoms with E-state index in [0.29, 0.717) is 28.1 Å². The van der Waals surface area contributed by atoms with Gasteiger partial charge in [-0.2, -0.15) is 18.3 Å². The minimum Gasteiger partial charge on any atom is -0.490 e. The second kappa shape index (κ2) is 14.2. The van der Waals surface area contributed by atoms with Crippen molar-refractivity contribution < 1.29 is 41.8 Å². The molecule has 0 aromatic heterocycles. The zero-order valence-electron chi connectivity index (χ0n) is 20.0. The number of ether oxygens (including phenoxy) is 3. The first kappa shape index (κ1) is 29.6. The van der Waals surface area contributed by atoms with Gasteiger partial charge in [0.15, 0.2) is 18.1 Å². The van der Waals surface area contributed by atoms with Crippen molar-refractivity contribution in [3.63, 3.8) is 0 Å². The van der Waals surface area contributed by atoms with E-state index in [9.17, 15) is 27.6 Å². The minimum atomic E-state index is -4.53.